The number of halogens is 2. The summed E-state index contributed by atoms with van der Waals surface area (Å²) in [6, 6.07) is 15.5. The average Bonchev–Trinajstić information content (AvgIpc) is 2.39. The van der Waals surface area contributed by atoms with Gasteiger partial charge < -0.3 is 0 Å². The van der Waals surface area contributed by atoms with Gasteiger partial charge >= 0.3 is 0 Å². The van der Waals surface area contributed by atoms with Crippen LogP contribution in [-0.4, -0.2) is 0 Å². The minimum absolute atomic E-state index is 0.755. The van der Waals surface area contributed by atoms with Gasteiger partial charge in [-0.05, 0) is 35.4 Å². The van der Waals surface area contributed by atoms with Gasteiger partial charge in [0.05, 0.1) is 0 Å². The van der Waals surface area contributed by atoms with Crippen LogP contribution in [-0.2, 0) is 13.1 Å². The third-order valence-corrected chi connectivity index (χ3v) is 3.04. The van der Waals surface area contributed by atoms with Crippen LogP contribution < -0.4 is 10.9 Å². The van der Waals surface area contributed by atoms with Crippen LogP contribution in [0.3, 0.4) is 0 Å². The third-order valence-electron chi connectivity index (χ3n) is 2.54. The first kappa shape index (κ1) is 13.4. The van der Waals surface area contributed by atoms with E-state index < -0.39 is 0 Å². The van der Waals surface area contributed by atoms with E-state index >= 15 is 0 Å². The van der Waals surface area contributed by atoms with Crippen molar-refractivity contribution in [2.75, 3.05) is 0 Å². The van der Waals surface area contributed by atoms with Crippen molar-refractivity contribution in [2.24, 2.45) is 0 Å². The second kappa shape index (κ2) is 6.76. The lowest BCUT2D eigenvalue weighted by molar-refractivity contribution is 0.529. The number of nitrogens with one attached hydrogen (secondary N) is 2. The summed E-state index contributed by atoms with van der Waals surface area (Å²) in [5, 5.41) is 1.51. The molecule has 0 heterocycles. The molecule has 0 unspecified atom stereocenters. The fourth-order valence-corrected chi connectivity index (χ4v) is 1.79. The molecule has 0 fully saturated rings. The van der Waals surface area contributed by atoms with Crippen molar-refractivity contribution in [1.82, 2.24) is 10.9 Å². The van der Waals surface area contributed by atoms with Gasteiger partial charge in [0.15, 0.2) is 0 Å². The van der Waals surface area contributed by atoms with Crippen molar-refractivity contribution in [3.8, 4) is 0 Å². The SMILES string of the molecule is Clc1ccc(CNNCc2ccc(Cl)cc2)cc1. The Morgan fingerprint density at radius 3 is 1.28 bits per heavy atom. The predicted molar refractivity (Wildman–Crippen MR) is 76.6 cm³/mol. The zero-order valence-corrected chi connectivity index (χ0v) is 11.3. The summed E-state index contributed by atoms with van der Waals surface area (Å²) in [5.74, 6) is 0. The van der Waals surface area contributed by atoms with Gasteiger partial charge in [-0.3, -0.25) is 10.9 Å². The molecule has 0 aliphatic heterocycles. The van der Waals surface area contributed by atoms with Crippen LogP contribution in [0.2, 0.25) is 10.0 Å². The molecule has 2 aromatic carbocycles. The van der Waals surface area contributed by atoms with Crippen LogP contribution in [0, 0.1) is 0 Å². The van der Waals surface area contributed by atoms with Crippen molar-refractivity contribution < 1.29 is 0 Å². The fraction of sp³-hybridized carbons (Fsp3) is 0.143. The maximum absolute atomic E-state index is 5.82. The van der Waals surface area contributed by atoms with E-state index in [0.717, 1.165) is 23.1 Å². The number of benzene rings is 2. The number of hydrazine groups is 1. The Hall–Kier alpha value is -1.06. The molecule has 0 amide bonds. The lowest BCUT2D eigenvalue weighted by Gasteiger charge is -2.07. The highest BCUT2D eigenvalue weighted by molar-refractivity contribution is 6.30. The van der Waals surface area contributed by atoms with Gasteiger partial charge in [0.25, 0.3) is 0 Å². The zero-order valence-electron chi connectivity index (χ0n) is 9.79. The van der Waals surface area contributed by atoms with E-state index in [2.05, 4.69) is 10.9 Å². The van der Waals surface area contributed by atoms with Crippen LogP contribution in [0.1, 0.15) is 11.1 Å². The molecule has 0 aliphatic rings. The minimum atomic E-state index is 0.755. The first-order valence-electron chi connectivity index (χ1n) is 5.68. The van der Waals surface area contributed by atoms with Gasteiger partial charge in [0, 0.05) is 23.1 Å². The normalized spacial score (nSPS) is 10.6. The van der Waals surface area contributed by atoms with Gasteiger partial charge in [0.2, 0.25) is 0 Å². The third kappa shape index (κ3) is 4.31. The summed E-state index contributed by atoms with van der Waals surface area (Å²) in [5.41, 5.74) is 8.68. The Kier molecular flexibility index (Phi) is 5.02. The van der Waals surface area contributed by atoms with Gasteiger partial charge in [-0.1, -0.05) is 47.5 Å². The zero-order chi connectivity index (χ0) is 12.8. The number of hydrogen-bond acceptors (Lipinski definition) is 2. The van der Waals surface area contributed by atoms with E-state index in [0.29, 0.717) is 0 Å². The number of rotatable bonds is 5. The molecule has 0 aromatic heterocycles. The topological polar surface area (TPSA) is 24.1 Å². The molecule has 0 atom stereocenters. The standard InChI is InChI=1S/C14H14Cl2N2/c15-13-5-1-11(2-6-13)9-17-18-10-12-3-7-14(16)8-4-12/h1-8,17-18H,9-10H2. The summed E-state index contributed by atoms with van der Waals surface area (Å²) in [6.45, 7) is 1.51. The highest BCUT2D eigenvalue weighted by atomic mass is 35.5. The van der Waals surface area contributed by atoms with Crippen molar-refractivity contribution in [3.05, 3.63) is 69.7 Å². The number of hydrogen-bond donors (Lipinski definition) is 2. The highest BCUT2D eigenvalue weighted by Crippen LogP contribution is 2.10. The average molecular weight is 281 g/mol. The molecule has 0 saturated heterocycles. The van der Waals surface area contributed by atoms with Gasteiger partial charge in [0.1, 0.15) is 0 Å². The molecule has 2 N–H and O–H groups in total. The first-order chi connectivity index (χ1) is 8.74. The molecular formula is C14H14Cl2N2. The Morgan fingerprint density at radius 2 is 0.944 bits per heavy atom. The van der Waals surface area contributed by atoms with Gasteiger partial charge in [-0.15, -0.1) is 0 Å². The van der Waals surface area contributed by atoms with Gasteiger partial charge in [-0.25, -0.2) is 0 Å². The van der Waals surface area contributed by atoms with Crippen LogP contribution in [0.25, 0.3) is 0 Å². The lowest BCUT2D eigenvalue weighted by atomic mass is 10.2. The Balaban J connectivity index is 1.73. The Morgan fingerprint density at radius 1 is 0.611 bits per heavy atom. The largest absolute Gasteiger partial charge is 0.253 e. The first-order valence-corrected chi connectivity index (χ1v) is 6.44. The molecule has 2 nitrogen and oxygen atoms in total. The molecule has 0 aliphatic carbocycles. The summed E-state index contributed by atoms with van der Waals surface area (Å²) >= 11 is 11.6. The summed E-state index contributed by atoms with van der Waals surface area (Å²) in [6.07, 6.45) is 0. The lowest BCUT2D eigenvalue weighted by Crippen LogP contribution is -2.30. The van der Waals surface area contributed by atoms with E-state index in [1.807, 2.05) is 48.5 Å². The molecule has 18 heavy (non-hydrogen) atoms. The smallest absolute Gasteiger partial charge is 0.0406 e. The second-order valence-corrected chi connectivity index (χ2v) is 4.83. The maximum atomic E-state index is 5.82. The van der Waals surface area contributed by atoms with Crippen molar-refractivity contribution in [1.29, 1.82) is 0 Å². The monoisotopic (exact) mass is 280 g/mol. The van der Waals surface area contributed by atoms with E-state index in [1.54, 1.807) is 0 Å². The van der Waals surface area contributed by atoms with Crippen LogP contribution in [0.15, 0.2) is 48.5 Å². The molecule has 0 spiro atoms. The van der Waals surface area contributed by atoms with Crippen molar-refractivity contribution >= 4 is 23.2 Å². The van der Waals surface area contributed by atoms with Crippen molar-refractivity contribution in [3.63, 3.8) is 0 Å². The molecule has 94 valence electrons. The molecule has 4 heteroatoms. The quantitative estimate of drug-likeness (QED) is 0.643. The van der Waals surface area contributed by atoms with E-state index in [4.69, 9.17) is 23.2 Å². The van der Waals surface area contributed by atoms with Crippen LogP contribution in [0.4, 0.5) is 0 Å². The van der Waals surface area contributed by atoms with E-state index in [1.165, 1.54) is 11.1 Å². The summed E-state index contributed by atoms with van der Waals surface area (Å²) in [7, 11) is 0. The molecule has 0 saturated carbocycles. The summed E-state index contributed by atoms with van der Waals surface area (Å²) in [4.78, 5) is 0. The van der Waals surface area contributed by atoms with Crippen LogP contribution in [0.5, 0.6) is 0 Å². The van der Waals surface area contributed by atoms with Crippen molar-refractivity contribution in [2.45, 2.75) is 13.1 Å². The molecular weight excluding hydrogens is 267 g/mol. The summed E-state index contributed by atoms with van der Waals surface area (Å²) < 4.78 is 0. The maximum Gasteiger partial charge on any atom is 0.0406 e. The van der Waals surface area contributed by atoms with E-state index in [-0.39, 0.29) is 0 Å². The predicted octanol–water partition coefficient (Wildman–Crippen LogP) is 3.79. The Labute approximate surface area is 117 Å². The molecule has 2 aromatic rings. The fourth-order valence-electron chi connectivity index (χ4n) is 1.53. The Bertz CT molecular complexity index is 433. The van der Waals surface area contributed by atoms with E-state index in [9.17, 15) is 0 Å². The van der Waals surface area contributed by atoms with Crippen LogP contribution >= 0.6 is 23.2 Å². The minimum Gasteiger partial charge on any atom is -0.253 e. The second-order valence-electron chi connectivity index (χ2n) is 3.96. The molecule has 0 bridgehead atoms. The van der Waals surface area contributed by atoms with Gasteiger partial charge in [-0.2, -0.15) is 0 Å². The molecule has 2 rings (SSSR count). The molecule has 0 radical (unpaired) electrons. The highest BCUT2D eigenvalue weighted by Gasteiger charge is 1.94.